The van der Waals surface area contributed by atoms with E-state index in [9.17, 15) is 4.39 Å². The summed E-state index contributed by atoms with van der Waals surface area (Å²) >= 11 is 0. The van der Waals surface area contributed by atoms with Gasteiger partial charge in [0.1, 0.15) is 0 Å². The zero-order valence-corrected chi connectivity index (χ0v) is 6.42. The molecule has 54 valence electrons. The summed E-state index contributed by atoms with van der Waals surface area (Å²) in [7, 11) is 6.23. The maximum absolute atomic E-state index is 12.4. The lowest BCUT2D eigenvalue weighted by molar-refractivity contribution is 0.431. The first-order chi connectivity index (χ1) is 4.74. The minimum Gasteiger partial charge on any atom is -0.505 e. The van der Waals surface area contributed by atoms with Crippen molar-refractivity contribution < 1.29 is 9.50 Å². The van der Waals surface area contributed by atoms with Crippen LogP contribution >= 0.6 is 21.7 Å². The first kappa shape index (κ1) is 7.69. The van der Waals surface area contributed by atoms with E-state index >= 15 is 0 Å². The molecule has 4 heteroatoms. The Morgan fingerprint density at radius 3 is 2.70 bits per heavy atom. The van der Waals surface area contributed by atoms with Crippen LogP contribution in [0.2, 0.25) is 0 Å². The van der Waals surface area contributed by atoms with Gasteiger partial charge in [-0.25, -0.2) is 4.39 Å². The Morgan fingerprint density at radius 1 is 1.50 bits per heavy atom. The number of phenols is 1. The fraction of sp³-hybridized carbons (Fsp3) is 0. The van der Waals surface area contributed by atoms with Crippen molar-refractivity contribution in [2.45, 2.75) is 4.90 Å². The second kappa shape index (κ2) is 3.12. The van der Waals surface area contributed by atoms with Crippen LogP contribution in [0, 0.1) is 5.82 Å². The molecule has 0 spiro atoms. The summed E-state index contributed by atoms with van der Waals surface area (Å²) in [5, 5.41) is 8.71. The topological polar surface area (TPSA) is 20.2 Å². The fourth-order valence-corrected chi connectivity index (χ4v) is 1.09. The third-order valence-electron chi connectivity index (χ3n) is 1.01. The molecule has 0 radical (unpaired) electrons. The van der Waals surface area contributed by atoms with Crippen molar-refractivity contribution in [3.63, 3.8) is 0 Å². The van der Waals surface area contributed by atoms with E-state index in [1.165, 1.54) is 18.2 Å². The van der Waals surface area contributed by atoms with E-state index in [4.69, 9.17) is 15.8 Å². The summed E-state index contributed by atoms with van der Waals surface area (Å²) in [5.41, 5.74) is 0. The second-order valence-electron chi connectivity index (χ2n) is 1.69. The third kappa shape index (κ3) is 1.55. The predicted molar refractivity (Wildman–Crippen MR) is 39.8 cm³/mol. The molecule has 0 saturated heterocycles. The van der Waals surface area contributed by atoms with Gasteiger partial charge < -0.3 is 5.11 Å². The molecule has 0 unspecified atom stereocenters. The van der Waals surface area contributed by atoms with Crippen LogP contribution in [0.1, 0.15) is 0 Å². The summed E-state index contributed by atoms with van der Waals surface area (Å²) in [4.78, 5) is 0.581. The number of rotatable bonds is 1. The van der Waals surface area contributed by atoms with Crippen LogP contribution < -0.4 is 0 Å². The van der Waals surface area contributed by atoms with Crippen LogP contribution in [0.15, 0.2) is 23.1 Å². The van der Waals surface area contributed by atoms with Crippen molar-refractivity contribution in [1.82, 2.24) is 0 Å². The maximum atomic E-state index is 12.4. The summed E-state index contributed by atoms with van der Waals surface area (Å²) < 4.78 is 12.4. The molecule has 0 atom stereocenters. The van der Waals surface area contributed by atoms with Gasteiger partial charge in [-0.1, -0.05) is 0 Å². The third-order valence-corrected chi connectivity index (χ3v) is 1.97. The highest BCUT2D eigenvalue weighted by atomic mass is 35.7. The number of hydrogen-bond acceptors (Lipinski definition) is 2. The lowest BCUT2D eigenvalue weighted by atomic mass is 10.3. The molecule has 0 fully saturated rings. The standard InChI is InChI=1S/C6H4ClFOS/c7-10-4-1-2-6(9)5(8)3-4/h1-3,9H. The molecular formula is C6H4ClFOS. The van der Waals surface area contributed by atoms with Gasteiger partial charge >= 0.3 is 0 Å². The molecular weight excluding hydrogens is 175 g/mol. The number of aromatic hydroxyl groups is 1. The summed E-state index contributed by atoms with van der Waals surface area (Å²) in [6.45, 7) is 0. The molecule has 0 aliphatic carbocycles. The molecule has 10 heavy (non-hydrogen) atoms. The van der Waals surface area contributed by atoms with Crippen molar-refractivity contribution in [3.05, 3.63) is 24.0 Å². The quantitative estimate of drug-likeness (QED) is 0.714. The molecule has 1 rings (SSSR count). The zero-order valence-electron chi connectivity index (χ0n) is 4.84. The van der Waals surface area contributed by atoms with E-state index in [0.29, 0.717) is 4.90 Å². The van der Waals surface area contributed by atoms with Crippen molar-refractivity contribution in [3.8, 4) is 5.75 Å². The van der Waals surface area contributed by atoms with E-state index in [2.05, 4.69) is 0 Å². The molecule has 0 aliphatic rings. The molecule has 0 aromatic heterocycles. The fourth-order valence-electron chi connectivity index (χ4n) is 0.536. The Balaban J connectivity index is 3.04. The van der Waals surface area contributed by atoms with Crippen LogP contribution in [0.4, 0.5) is 4.39 Å². The molecule has 0 amide bonds. The Labute approximate surface area is 66.3 Å². The molecule has 1 nitrogen and oxygen atoms in total. The first-order valence-electron chi connectivity index (χ1n) is 2.51. The molecule has 1 aromatic rings. The normalized spacial score (nSPS) is 9.80. The Kier molecular flexibility index (Phi) is 2.40. The van der Waals surface area contributed by atoms with Gasteiger partial charge in [-0.3, -0.25) is 0 Å². The van der Waals surface area contributed by atoms with Crippen LogP contribution in [0.3, 0.4) is 0 Å². The number of benzene rings is 1. The van der Waals surface area contributed by atoms with Gasteiger partial charge in [-0.15, -0.1) is 0 Å². The lowest BCUT2D eigenvalue weighted by Crippen LogP contribution is -1.74. The van der Waals surface area contributed by atoms with Crippen molar-refractivity contribution in [2.24, 2.45) is 0 Å². The van der Waals surface area contributed by atoms with E-state index in [-0.39, 0.29) is 5.75 Å². The molecule has 0 bridgehead atoms. The molecule has 0 saturated carbocycles. The zero-order chi connectivity index (χ0) is 7.56. The largest absolute Gasteiger partial charge is 0.505 e. The summed E-state index contributed by atoms with van der Waals surface area (Å²) in [6.07, 6.45) is 0. The van der Waals surface area contributed by atoms with E-state index in [1.54, 1.807) is 0 Å². The Morgan fingerprint density at radius 2 is 2.20 bits per heavy atom. The van der Waals surface area contributed by atoms with Gasteiger partial charge in [0.15, 0.2) is 11.6 Å². The van der Waals surface area contributed by atoms with Crippen LogP contribution in [0.5, 0.6) is 5.75 Å². The average Bonchev–Trinajstić information content (AvgIpc) is 1.95. The molecule has 1 aromatic carbocycles. The highest BCUT2D eigenvalue weighted by Crippen LogP contribution is 2.25. The van der Waals surface area contributed by atoms with Crippen molar-refractivity contribution >= 4 is 21.7 Å². The Bertz CT molecular complexity index is 241. The summed E-state index contributed by atoms with van der Waals surface area (Å²) in [5.74, 6) is -1.000. The highest BCUT2D eigenvalue weighted by Gasteiger charge is 1.99. The van der Waals surface area contributed by atoms with Gasteiger partial charge in [0.05, 0.1) is 0 Å². The van der Waals surface area contributed by atoms with Gasteiger partial charge in [-0.05, 0) is 39.9 Å². The monoisotopic (exact) mass is 178 g/mol. The second-order valence-corrected chi connectivity index (χ2v) is 2.78. The predicted octanol–water partition coefficient (Wildman–Crippen LogP) is 2.78. The number of phenolic OH excluding ortho intramolecular Hbond substituents is 1. The Hall–Kier alpha value is -0.410. The van der Waals surface area contributed by atoms with Gasteiger partial charge in [0.25, 0.3) is 0 Å². The first-order valence-corrected chi connectivity index (χ1v) is 4.15. The summed E-state index contributed by atoms with van der Waals surface area (Å²) in [6, 6.07) is 3.98. The van der Waals surface area contributed by atoms with Crippen LogP contribution in [0.25, 0.3) is 0 Å². The van der Waals surface area contributed by atoms with E-state index in [0.717, 1.165) is 11.0 Å². The van der Waals surface area contributed by atoms with Gasteiger partial charge in [0, 0.05) is 4.90 Å². The average molecular weight is 179 g/mol. The maximum Gasteiger partial charge on any atom is 0.165 e. The lowest BCUT2D eigenvalue weighted by Gasteiger charge is -1.95. The molecule has 1 N–H and O–H groups in total. The number of hydrogen-bond donors (Lipinski definition) is 1. The minimum absolute atomic E-state index is 0.352. The molecule has 0 heterocycles. The number of halogens is 2. The van der Waals surface area contributed by atoms with Crippen molar-refractivity contribution in [2.75, 3.05) is 0 Å². The van der Waals surface area contributed by atoms with Gasteiger partial charge in [0.2, 0.25) is 0 Å². The van der Waals surface area contributed by atoms with E-state index in [1.807, 2.05) is 0 Å². The highest BCUT2D eigenvalue weighted by molar-refractivity contribution is 8.21. The molecule has 0 aliphatic heterocycles. The minimum atomic E-state index is -0.648. The van der Waals surface area contributed by atoms with Crippen molar-refractivity contribution in [1.29, 1.82) is 0 Å². The van der Waals surface area contributed by atoms with Crippen LogP contribution in [-0.2, 0) is 0 Å². The van der Waals surface area contributed by atoms with Gasteiger partial charge in [-0.2, -0.15) is 0 Å². The SMILES string of the molecule is Oc1ccc(SCl)cc1F. The van der Waals surface area contributed by atoms with Crippen LogP contribution in [-0.4, -0.2) is 5.11 Å². The smallest absolute Gasteiger partial charge is 0.165 e. The van der Waals surface area contributed by atoms with E-state index < -0.39 is 5.82 Å².